The van der Waals surface area contributed by atoms with Crippen LogP contribution < -0.4 is 11.1 Å². The molecule has 1 aliphatic carbocycles. The van der Waals surface area contributed by atoms with Crippen LogP contribution in [-0.2, 0) is 9.84 Å². The molecule has 0 aliphatic heterocycles. The van der Waals surface area contributed by atoms with Crippen molar-refractivity contribution in [3.8, 4) is 0 Å². The van der Waals surface area contributed by atoms with Gasteiger partial charge in [-0.15, -0.1) is 24.0 Å². The molecule has 1 saturated carbocycles. The van der Waals surface area contributed by atoms with E-state index in [9.17, 15) is 8.42 Å². The second-order valence-corrected chi connectivity index (χ2v) is 8.30. The fourth-order valence-corrected chi connectivity index (χ4v) is 3.20. The van der Waals surface area contributed by atoms with E-state index in [-0.39, 0.29) is 36.1 Å². The van der Waals surface area contributed by atoms with E-state index in [1.165, 1.54) is 6.26 Å². The third-order valence-electron chi connectivity index (χ3n) is 3.09. The van der Waals surface area contributed by atoms with Gasteiger partial charge in [0.05, 0.1) is 11.3 Å². The van der Waals surface area contributed by atoms with Crippen molar-refractivity contribution in [2.75, 3.05) is 12.8 Å². The van der Waals surface area contributed by atoms with Crippen LogP contribution in [0.5, 0.6) is 0 Å². The Morgan fingerprint density at radius 3 is 2.17 bits per heavy atom. The number of aliphatic imine (C=N–C) groups is 1. The van der Waals surface area contributed by atoms with E-state index in [4.69, 9.17) is 5.73 Å². The number of sulfone groups is 1. The maximum Gasteiger partial charge on any atom is 0.189 e. The molecule has 1 aliphatic rings. The van der Waals surface area contributed by atoms with E-state index in [0.717, 1.165) is 6.42 Å². The maximum absolute atomic E-state index is 11.7. The Bertz CT molecular complexity index is 408. The summed E-state index contributed by atoms with van der Waals surface area (Å²) in [6.45, 7) is 6.20. The maximum atomic E-state index is 11.7. The van der Waals surface area contributed by atoms with Crippen LogP contribution in [-0.4, -0.2) is 37.5 Å². The van der Waals surface area contributed by atoms with Crippen molar-refractivity contribution in [2.24, 2.45) is 10.7 Å². The van der Waals surface area contributed by atoms with Gasteiger partial charge in [0.1, 0.15) is 0 Å². The Morgan fingerprint density at radius 2 is 1.89 bits per heavy atom. The van der Waals surface area contributed by atoms with Crippen molar-refractivity contribution in [1.29, 1.82) is 0 Å². The molecule has 0 aromatic carbocycles. The van der Waals surface area contributed by atoms with Crippen LogP contribution in [0.1, 0.15) is 40.0 Å². The van der Waals surface area contributed by atoms with E-state index in [1.54, 1.807) is 0 Å². The molecule has 0 aromatic rings. The molecule has 0 unspecified atom stereocenters. The lowest BCUT2D eigenvalue weighted by Gasteiger charge is -2.38. The van der Waals surface area contributed by atoms with Crippen LogP contribution >= 0.6 is 24.0 Å². The topological polar surface area (TPSA) is 84.5 Å². The van der Waals surface area contributed by atoms with Crippen molar-refractivity contribution < 1.29 is 8.42 Å². The summed E-state index contributed by atoms with van der Waals surface area (Å²) in [6.07, 6.45) is 3.63. The molecule has 0 saturated heterocycles. The minimum absolute atomic E-state index is 0. The number of halogens is 1. The molecule has 18 heavy (non-hydrogen) atoms. The molecule has 5 nitrogen and oxygen atoms in total. The number of nitrogens with zero attached hydrogens (tertiary/aromatic N) is 1. The van der Waals surface area contributed by atoms with Crippen molar-refractivity contribution in [2.45, 2.75) is 50.3 Å². The summed E-state index contributed by atoms with van der Waals surface area (Å²) in [4.78, 5) is 4.17. The van der Waals surface area contributed by atoms with Gasteiger partial charge in [0.15, 0.2) is 15.8 Å². The Labute approximate surface area is 127 Å². The summed E-state index contributed by atoms with van der Waals surface area (Å²) >= 11 is 0. The molecular weight excluding hydrogens is 365 g/mol. The Kier molecular flexibility index (Phi) is 5.92. The van der Waals surface area contributed by atoms with Gasteiger partial charge in [0.25, 0.3) is 0 Å². The molecule has 3 N–H and O–H groups in total. The van der Waals surface area contributed by atoms with Gasteiger partial charge in [-0.1, -0.05) is 6.42 Å². The standard InChI is InChI=1S/C11H23N3O2S.HI/c1-10(2,3)14-9(12)13-8-11(6-5-7-11)17(4,15)16;/h5-8H2,1-4H3,(H3,12,13,14);1H. The fraction of sp³-hybridized carbons (Fsp3) is 0.909. The van der Waals surface area contributed by atoms with E-state index in [0.29, 0.717) is 18.8 Å². The zero-order valence-corrected chi connectivity index (χ0v) is 14.6. The Balaban J connectivity index is 0.00000289. The predicted molar refractivity (Wildman–Crippen MR) is 86.2 cm³/mol. The zero-order chi connectivity index (χ0) is 13.3. The van der Waals surface area contributed by atoms with Gasteiger partial charge in [-0.05, 0) is 33.6 Å². The molecule has 0 radical (unpaired) electrons. The van der Waals surface area contributed by atoms with Crippen molar-refractivity contribution in [3.63, 3.8) is 0 Å². The van der Waals surface area contributed by atoms with Gasteiger partial charge in [-0.25, -0.2) is 8.42 Å². The Hall–Kier alpha value is -0.0500. The minimum atomic E-state index is -3.06. The van der Waals surface area contributed by atoms with Crippen LogP contribution in [0.15, 0.2) is 4.99 Å². The van der Waals surface area contributed by atoms with E-state index in [1.807, 2.05) is 20.8 Å². The van der Waals surface area contributed by atoms with Crippen LogP contribution in [0.4, 0.5) is 0 Å². The quantitative estimate of drug-likeness (QED) is 0.433. The number of nitrogens with two attached hydrogens (primary N) is 1. The summed E-state index contributed by atoms with van der Waals surface area (Å²) in [5.74, 6) is 0.312. The van der Waals surface area contributed by atoms with Crippen LogP contribution in [0, 0.1) is 0 Å². The van der Waals surface area contributed by atoms with E-state index in [2.05, 4.69) is 10.3 Å². The number of hydrogen-bond acceptors (Lipinski definition) is 3. The first kappa shape index (κ1) is 17.9. The molecular formula is C11H24IN3O2S. The zero-order valence-electron chi connectivity index (χ0n) is 11.5. The molecule has 0 heterocycles. The monoisotopic (exact) mass is 389 g/mol. The third kappa shape index (κ3) is 4.56. The molecule has 1 fully saturated rings. The normalized spacial score (nSPS) is 19.7. The number of guanidine groups is 1. The number of nitrogens with one attached hydrogen (secondary N) is 1. The van der Waals surface area contributed by atoms with Crippen LogP contribution in [0.25, 0.3) is 0 Å². The van der Waals surface area contributed by atoms with Crippen molar-refractivity contribution in [1.82, 2.24) is 5.32 Å². The molecule has 0 spiro atoms. The number of hydrogen-bond donors (Lipinski definition) is 2. The van der Waals surface area contributed by atoms with Crippen LogP contribution in [0.3, 0.4) is 0 Å². The molecule has 0 amide bonds. The first-order valence-electron chi connectivity index (χ1n) is 5.83. The van der Waals surface area contributed by atoms with E-state index >= 15 is 0 Å². The SMILES string of the molecule is CC(C)(C)NC(N)=NCC1(S(C)(=O)=O)CCC1.I. The summed E-state index contributed by atoms with van der Waals surface area (Å²) in [5.41, 5.74) is 5.57. The summed E-state index contributed by atoms with van der Waals surface area (Å²) in [5, 5.41) is 3.02. The summed E-state index contributed by atoms with van der Waals surface area (Å²) in [7, 11) is -3.06. The van der Waals surface area contributed by atoms with Gasteiger partial charge in [-0.3, -0.25) is 4.99 Å². The molecule has 1 rings (SSSR count). The first-order chi connectivity index (χ1) is 7.56. The number of rotatable bonds is 3. The minimum Gasteiger partial charge on any atom is -0.370 e. The fourth-order valence-electron chi connectivity index (χ4n) is 1.87. The molecule has 7 heteroatoms. The highest BCUT2D eigenvalue weighted by Crippen LogP contribution is 2.39. The average molecular weight is 389 g/mol. The second kappa shape index (κ2) is 5.94. The molecule has 0 aromatic heterocycles. The molecule has 0 bridgehead atoms. The summed E-state index contributed by atoms with van der Waals surface area (Å²) < 4.78 is 22.7. The summed E-state index contributed by atoms with van der Waals surface area (Å²) in [6, 6.07) is 0. The predicted octanol–water partition coefficient (Wildman–Crippen LogP) is 1.27. The second-order valence-electron chi connectivity index (χ2n) is 5.89. The highest BCUT2D eigenvalue weighted by atomic mass is 127. The highest BCUT2D eigenvalue weighted by molar-refractivity contribution is 14.0. The molecule has 108 valence electrons. The van der Waals surface area contributed by atoms with Crippen LogP contribution in [0.2, 0.25) is 0 Å². The largest absolute Gasteiger partial charge is 0.370 e. The Morgan fingerprint density at radius 1 is 1.39 bits per heavy atom. The lowest BCUT2D eigenvalue weighted by molar-refractivity contribution is 0.346. The van der Waals surface area contributed by atoms with E-state index < -0.39 is 14.6 Å². The van der Waals surface area contributed by atoms with Gasteiger partial charge >= 0.3 is 0 Å². The van der Waals surface area contributed by atoms with Gasteiger partial charge in [-0.2, -0.15) is 0 Å². The third-order valence-corrected chi connectivity index (χ3v) is 5.20. The highest BCUT2D eigenvalue weighted by Gasteiger charge is 2.46. The molecule has 0 atom stereocenters. The van der Waals surface area contributed by atoms with Gasteiger partial charge in [0, 0.05) is 11.8 Å². The van der Waals surface area contributed by atoms with Crippen molar-refractivity contribution >= 4 is 39.8 Å². The smallest absolute Gasteiger partial charge is 0.189 e. The van der Waals surface area contributed by atoms with Gasteiger partial charge < -0.3 is 11.1 Å². The lowest BCUT2D eigenvalue weighted by Crippen LogP contribution is -2.49. The average Bonchev–Trinajstić information content (AvgIpc) is 1.94. The first-order valence-corrected chi connectivity index (χ1v) is 7.73. The van der Waals surface area contributed by atoms with Crippen molar-refractivity contribution in [3.05, 3.63) is 0 Å². The van der Waals surface area contributed by atoms with Gasteiger partial charge in [0.2, 0.25) is 0 Å². The lowest BCUT2D eigenvalue weighted by atomic mass is 9.84.